The second-order valence-electron chi connectivity index (χ2n) is 7.21. The molecule has 5 nitrogen and oxygen atoms in total. The first kappa shape index (κ1) is 21.2. The largest absolute Gasteiger partial charge is 0.493 e. The number of hydrogen-bond donors (Lipinski definition) is 1. The van der Waals surface area contributed by atoms with Crippen LogP contribution < -0.4 is 19.5 Å². The summed E-state index contributed by atoms with van der Waals surface area (Å²) in [5.41, 5.74) is 5.45. The Balaban J connectivity index is 1.88. The van der Waals surface area contributed by atoms with E-state index in [9.17, 15) is 4.79 Å². The Morgan fingerprint density at radius 1 is 0.867 bits per heavy atom. The predicted molar refractivity (Wildman–Crippen MR) is 119 cm³/mol. The maximum atomic E-state index is 13.0. The van der Waals surface area contributed by atoms with Crippen molar-refractivity contribution in [2.75, 3.05) is 19.5 Å². The van der Waals surface area contributed by atoms with Crippen LogP contribution in [0.1, 0.15) is 32.6 Å². The van der Waals surface area contributed by atoms with Gasteiger partial charge in [-0.05, 0) is 49.6 Å². The Morgan fingerprint density at radius 2 is 1.43 bits per heavy atom. The minimum atomic E-state index is -0.240. The van der Waals surface area contributed by atoms with Crippen LogP contribution in [0.25, 0.3) is 0 Å². The summed E-state index contributed by atoms with van der Waals surface area (Å²) in [5.74, 6) is 1.10. The molecule has 0 aliphatic heterocycles. The molecule has 0 radical (unpaired) electrons. The van der Waals surface area contributed by atoms with Crippen molar-refractivity contribution in [3.05, 3.63) is 82.4 Å². The fourth-order valence-electron chi connectivity index (χ4n) is 3.45. The summed E-state index contributed by atoms with van der Waals surface area (Å²) >= 11 is 0. The Hall–Kier alpha value is -3.47. The van der Waals surface area contributed by atoms with Gasteiger partial charge in [-0.15, -0.1) is 0 Å². The summed E-state index contributed by atoms with van der Waals surface area (Å²) in [4.78, 5) is 13.0. The van der Waals surface area contributed by atoms with Crippen LogP contribution in [0.4, 0.5) is 5.69 Å². The monoisotopic (exact) mass is 405 g/mol. The molecule has 156 valence electrons. The van der Waals surface area contributed by atoms with Gasteiger partial charge in [0, 0.05) is 11.3 Å². The summed E-state index contributed by atoms with van der Waals surface area (Å²) in [6, 6.07) is 17.2. The second kappa shape index (κ2) is 9.35. The minimum absolute atomic E-state index is 0.240. The highest BCUT2D eigenvalue weighted by Crippen LogP contribution is 2.39. The first-order valence-electron chi connectivity index (χ1n) is 9.75. The van der Waals surface area contributed by atoms with E-state index in [1.54, 1.807) is 26.4 Å². The Labute approximate surface area is 177 Å². The van der Waals surface area contributed by atoms with E-state index >= 15 is 0 Å². The lowest BCUT2D eigenvalue weighted by molar-refractivity contribution is 0.102. The molecule has 3 rings (SSSR count). The quantitative estimate of drug-likeness (QED) is 0.567. The molecule has 0 saturated carbocycles. The van der Waals surface area contributed by atoms with Gasteiger partial charge in [0.1, 0.15) is 6.61 Å². The Kier molecular flexibility index (Phi) is 6.62. The molecule has 1 N–H and O–H groups in total. The SMILES string of the molecule is COc1cc(C(=O)Nc2c(C)cc(C)cc2C)cc(OC)c1OCc1ccccc1. The third-order valence-corrected chi connectivity index (χ3v) is 4.86. The fourth-order valence-corrected chi connectivity index (χ4v) is 3.45. The minimum Gasteiger partial charge on any atom is -0.493 e. The van der Waals surface area contributed by atoms with Crippen LogP contribution in [0.15, 0.2) is 54.6 Å². The van der Waals surface area contributed by atoms with E-state index in [0.29, 0.717) is 29.4 Å². The Bertz CT molecular complexity index is 996. The molecule has 0 atom stereocenters. The lowest BCUT2D eigenvalue weighted by atomic mass is 10.0. The maximum Gasteiger partial charge on any atom is 0.255 e. The molecular formula is C25H27NO4. The number of carbonyl (C=O) groups is 1. The standard InChI is InChI=1S/C25H27NO4/c1-16-11-17(2)23(18(3)12-16)26-25(27)20-13-21(28-4)24(22(14-20)29-5)30-15-19-9-7-6-8-10-19/h6-14H,15H2,1-5H3,(H,26,27). The van der Waals surface area contributed by atoms with Crippen molar-refractivity contribution in [1.82, 2.24) is 0 Å². The number of hydrogen-bond acceptors (Lipinski definition) is 4. The molecule has 5 heteroatoms. The molecule has 0 aliphatic rings. The molecule has 3 aromatic rings. The number of nitrogens with one attached hydrogen (secondary N) is 1. The van der Waals surface area contributed by atoms with Gasteiger partial charge in [-0.3, -0.25) is 4.79 Å². The number of benzene rings is 3. The van der Waals surface area contributed by atoms with Gasteiger partial charge in [-0.2, -0.15) is 0 Å². The number of aryl methyl sites for hydroxylation is 3. The molecule has 1 amide bonds. The van der Waals surface area contributed by atoms with Gasteiger partial charge in [0.2, 0.25) is 5.75 Å². The van der Waals surface area contributed by atoms with Crippen LogP contribution in [-0.2, 0) is 6.61 Å². The second-order valence-corrected chi connectivity index (χ2v) is 7.21. The molecule has 0 aliphatic carbocycles. The van der Waals surface area contributed by atoms with Gasteiger partial charge in [-0.25, -0.2) is 0 Å². The molecular weight excluding hydrogens is 378 g/mol. The van der Waals surface area contributed by atoms with Crippen LogP contribution in [-0.4, -0.2) is 20.1 Å². The van der Waals surface area contributed by atoms with Gasteiger partial charge < -0.3 is 19.5 Å². The van der Waals surface area contributed by atoms with E-state index < -0.39 is 0 Å². The lowest BCUT2D eigenvalue weighted by Crippen LogP contribution is -2.14. The van der Waals surface area contributed by atoms with Gasteiger partial charge in [0.25, 0.3) is 5.91 Å². The van der Waals surface area contributed by atoms with E-state index in [1.807, 2.05) is 63.2 Å². The summed E-state index contributed by atoms with van der Waals surface area (Å²) in [7, 11) is 3.08. The van der Waals surface area contributed by atoms with E-state index in [2.05, 4.69) is 5.32 Å². The summed E-state index contributed by atoms with van der Waals surface area (Å²) in [6.07, 6.45) is 0. The van der Waals surface area contributed by atoms with Gasteiger partial charge >= 0.3 is 0 Å². The van der Waals surface area contributed by atoms with Crippen LogP contribution >= 0.6 is 0 Å². The predicted octanol–water partition coefficient (Wildman–Crippen LogP) is 5.46. The highest BCUT2D eigenvalue weighted by atomic mass is 16.5. The number of methoxy groups -OCH3 is 2. The smallest absolute Gasteiger partial charge is 0.255 e. The Morgan fingerprint density at radius 3 is 1.97 bits per heavy atom. The number of rotatable bonds is 7. The molecule has 30 heavy (non-hydrogen) atoms. The summed E-state index contributed by atoms with van der Waals surface area (Å²) < 4.78 is 16.9. The van der Waals surface area contributed by atoms with E-state index in [4.69, 9.17) is 14.2 Å². The molecule has 0 spiro atoms. The van der Waals surface area contributed by atoms with Crippen LogP contribution in [0.5, 0.6) is 17.2 Å². The average Bonchev–Trinajstić information content (AvgIpc) is 2.74. The number of carbonyl (C=O) groups excluding carboxylic acids is 1. The van der Waals surface area contributed by atoms with Crippen molar-refractivity contribution < 1.29 is 19.0 Å². The van der Waals surface area contributed by atoms with Gasteiger partial charge in [0.15, 0.2) is 11.5 Å². The number of anilines is 1. The van der Waals surface area contributed by atoms with Crippen molar-refractivity contribution in [2.24, 2.45) is 0 Å². The molecule has 0 bridgehead atoms. The average molecular weight is 405 g/mol. The number of ether oxygens (including phenoxy) is 3. The molecule has 0 fully saturated rings. The molecule has 0 aromatic heterocycles. The normalized spacial score (nSPS) is 10.4. The third-order valence-electron chi connectivity index (χ3n) is 4.86. The van der Waals surface area contributed by atoms with Gasteiger partial charge in [0.05, 0.1) is 14.2 Å². The summed E-state index contributed by atoms with van der Waals surface area (Å²) in [5, 5.41) is 3.01. The highest BCUT2D eigenvalue weighted by Gasteiger charge is 2.19. The van der Waals surface area contributed by atoms with Crippen molar-refractivity contribution >= 4 is 11.6 Å². The van der Waals surface area contributed by atoms with Crippen molar-refractivity contribution in [1.29, 1.82) is 0 Å². The lowest BCUT2D eigenvalue weighted by Gasteiger charge is -2.17. The maximum absolute atomic E-state index is 13.0. The molecule has 0 unspecified atom stereocenters. The first-order valence-corrected chi connectivity index (χ1v) is 9.75. The van der Waals surface area contributed by atoms with Crippen molar-refractivity contribution in [3.63, 3.8) is 0 Å². The van der Waals surface area contributed by atoms with E-state index in [-0.39, 0.29) is 5.91 Å². The van der Waals surface area contributed by atoms with Crippen molar-refractivity contribution in [2.45, 2.75) is 27.4 Å². The highest BCUT2D eigenvalue weighted by molar-refractivity contribution is 6.05. The zero-order valence-corrected chi connectivity index (χ0v) is 18.0. The van der Waals surface area contributed by atoms with Crippen molar-refractivity contribution in [3.8, 4) is 17.2 Å². The van der Waals surface area contributed by atoms with E-state index in [0.717, 1.165) is 27.9 Å². The zero-order valence-electron chi connectivity index (χ0n) is 18.0. The van der Waals surface area contributed by atoms with Gasteiger partial charge in [-0.1, -0.05) is 48.0 Å². The fraction of sp³-hybridized carbons (Fsp3) is 0.240. The topological polar surface area (TPSA) is 56.8 Å². The molecule has 0 saturated heterocycles. The van der Waals surface area contributed by atoms with E-state index in [1.165, 1.54) is 0 Å². The van der Waals surface area contributed by atoms with Crippen LogP contribution in [0.2, 0.25) is 0 Å². The number of amides is 1. The molecule has 3 aromatic carbocycles. The summed E-state index contributed by atoms with van der Waals surface area (Å²) in [6.45, 7) is 6.37. The van der Waals surface area contributed by atoms with Crippen LogP contribution in [0.3, 0.4) is 0 Å². The first-order chi connectivity index (χ1) is 14.4. The zero-order chi connectivity index (χ0) is 21.7. The van der Waals surface area contributed by atoms with Crippen LogP contribution in [0, 0.1) is 20.8 Å². The molecule has 0 heterocycles. The third kappa shape index (κ3) is 4.74.